The van der Waals surface area contributed by atoms with Gasteiger partial charge in [-0.1, -0.05) is 17.7 Å². The molecule has 0 N–H and O–H groups in total. The number of fused-ring (bicyclic) bond motifs is 1. The van der Waals surface area contributed by atoms with E-state index in [4.69, 9.17) is 23.1 Å². The minimum Gasteiger partial charge on any atom is -0.493 e. The molecule has 0 aliphatic carbocycles. The molecule has 0 amide bonds. The summed E-state index contributed by atoms with van der Waals surface area (Å²) in [4.78, 5) is 12.9. The van der Waals surface area contributed by atoms with Gasteiger partial charge in [0.05, 0.1) is 26.9 Å². The average Bonchev–Trinajstić information content (AvgIpc) is 3.12. The van der Waals surface area contributed by atoms with Gasteiger partial charge in [0.1, 0.15) is 16.4 Å². The van der Waals surface area contributed by atoms with Crippen LogP contribution in [0.2, 0.25) is 0 Å². The van der Waals surface area contributed by atoms with Gasteiger partial charge >= 0.3 is 10.1 Å². The number of rotatable bonds is 7. The molecule has 8 nitrogen and oxygen atoms in total. The SMILES string of the molecule is COc1ccc(C=C2Oc3cc(OS(=O)(=O)c4ccc(C)cc4)ccc3C2=O)c(OC)c1OC. The van der Waals surface area contributed by atoms with Crippen molar-refractivity contribution < 1.29 is 36.3 Å². The van der Waals surface area contributed by atoms with Crippen molar-refractivity contribution in [2.24, 2.45) is 0 Å². The van der Waals surface area contributed by atoms with Gasteiger partial charge in [0.2, 0.25) is 11.5 Å². The molecule has 0 atom stereocenters. The van der Waals surface area contributed by atoms with Gasteiger partial charge in [-0.15, -0.1) is 0 Å². The largest absolute Gasteiger partial charge is 0.493 e. The third kappa shape index (κ3) is 4.29. The van der Waals surface area contributed by atoms with Crippen molar-refractivity contribution in [3.63, 3.8) is 0 Å². The van der Waals surface area contributed by atoms with E-state index in [-0.39, 0.29) is 33.5 Å². The summed E-state index contributed by atoms with van der Waals surface area (Å²) in [7, 11) is 0.423. The zero-order chi connectivity index (χ0) is 24.5. The first-order valence-electron chi connectivity index (χ1n) is 10.2. The Bertz CT molecular complexity index is 1390. The highest BCUT2D eigenvalue weighted by molar-refractivity contribution is 7.87. The predicted molar refractivity (Wildman–Crippen MR) is 124 cm³/mol. The van der Waals surface area contributed by atoms with Crippen LogP contribution in [0.15, 0.2) is 65.3 Å². The summed E-state index contributed by atoms with van der Waals surface area (Å²) >= 11 is 0. The lowest BCUT2D eigenvalue weighted by Gasteiger charge is -2.14. The summed E-state index contributed by atoms with van der Waals surface area (Å²) in [6.07, 6.45) is 1.52. The van der Waals surface area contributed by atoms with Gasteiger partial charge in [-0.2, -0.15) is 8.42 Å². The van der Waals surface area contributed by atoms with Crippen LogP contribution in [-0.4, -0.2) is 35.5 Å². The Labute approximate surface area is 197 Å². The van der Waals surface area contributed by atoms with Gasteiger partial charge in [-0.3, -0.25) is 4.79 Å². The third-order valence-corrected chi connectivity index (χ3v) is 6.44. The molecule has 0 bridgehead atoms. The number of carbonyl (C=O) groups is 1. The van der Waals surface area contributed by atoms with Crippen molar-refractivity contribution in [2.75, 3.05) is 21.3 Å². The quantitative estimate of drug-likeness (QED) is 0.361. The molecular weight excluding hydrogens is 460 g/mol. The minimum absolute atomic E-state index is 0.0247. The van der Waals surface area contributed by atoms with E-state index in [0.717, 1.165) is 5.56 Å². The Morgan fingerprint density at radius 1 is 0.853 bits per heavy atom. The lowest BCUT2D eigenvalue weighted by molar-refractivity contribution is 0.101. The molecule has 9 heteroatoms. The molecule has 1 aliphatic rings. The standard InChI is InChI=1S/C25H22O8S/c1-15-5-9-18(10-6-15)34(27,28)33-17-8-11-19-21(14-17)32-22(23(19)26)13-16-7-12-20(29-2)25(31-4)24(16)30-3/h5-14H,1-4H3. The van der Waals surface area contributed by atoms with Gasteiger partial charge in [0, 0.05) is 11.6 Å². The number of methoxy groups -OCH3 is 3. The molecule has 0 saturated carbocycles. The maximum atomic E-state index is 12.9. The van der Waals surface area contributed by atoms with Crippen molar-refractivity contribution in [1.82, 2.24) is 0 Å². The summed E-state index contributed by atoms with van der Waals surface area (Å²) in [6.45, 7) is 1.86. The Morgan fingerprint density at radius 3 is 2.21 bits per heavy atom. The second-order valence-corrected chi connectivity index (χ2v) is 8.92. The molecule has 0 aromatic heterocycles. The van der Waals surface area contributed by atoms with Gasteiger partial charge in [0.15, 0.2) is 17.3 Å². The molecule has 0 saturated heterocycles. The highest BCUT2D eigenvalue weighted by Gasteiger charge is 2.29. The van der Waals surface area contributed by atoms with Crippen LogP contribution in [0.5, 0.6) is 28.7 Å². The lowest BCUT2D eigenvalue weighted by atomic mass is 10.1. The summed E-state index contributed by atoms with van der Waals surface area (Å²) < 4.78 is 52.3. The Balaban J connectivity index is 1.63. The molecule has 176 valence electrons. The molecule has 0 fully saturated rings. The van der Waals surface area contributed by atoms with Crippen LogP contribution in [0.3, 0.4) is 0 Å². The summed E-state index contributed by atoms with van der Waals surface area (Å²) in [5.74, 6) is 1.11. The van der Waals surface area contributed by atoms with E-state index < -0.39 is 10.1 Å². The number of carbonyl (C=O) groups excluding carboxylic acids is 1. The van der Waals surface area contributed by atoms with Gasteiger partial charge in [-0.05, 0) is 49.4 Å². The fourth-order valence-corrected chi connectivity index (χ4v) is 4.40. The first kappa shape index (κ1) is 23.2. The average molecular weight is 483 g/mol. The molecule has 4 rings (SSSR count). The normalized spacial score (nSPS) is 13.9. The molecule has 34 heavy (non-hydrogen) atoms. The van der Waals surface area contributed by atoms with Crippen LogP contribution < -0.4 is 23.1 Å². The van der Waals surface area contributed by atoms with Crippen molar-refractivity contribution in [3.8, 4) is 28.7 Å². The number of ketones is 1. The zero-order valence-corrected chi connectivity index (χ0v) is 19.8. The minimum atomic E-state index is -4.04. The van der Waals surface area contributed by atoms with Crippen LogP contribution in [-0.2, 0) is 10.1 Å². The van der Waals surface area contributed by atoms with Crippen LogP contribution in [0.25, 0.3) is 6.08 Å². The van der Waals surface area contributed by atoms with Gasteiger partial charge in [0.25, 0.3) is 0 Å². The fraction of sp³-hybridized carbons (Fsp3) is 0.160. The number of Topliss-reactive ketones (excluding diaryl/α,β-unsaturated/α-hetero) is 1. The maximum absolute atomic E-state index is 12.9. The number of hydrogen-bond donors (Lipinski definition) is 0. The second-order valence-electron chi connectivity index (χ2n) is 7.37. The third-order valence-electron chi connectivity index (χ3n) is 5.18. The van der Waals surface area contributed by atoms with E-state index in [0.29, 0.717) is 22.8 Å². The van der Waals surface area contributed by atoms with E-state index in [2.05, 4.69) is 0 Å². The van der Waals surface area contributed by atoms with Crippen molar-refractivity contribution in [3.05, 3.63) is 77.0 Å². The van der Waals surface area contributed by atoms with Crippen LogP contribution in [0, 0.1) is 6.92 Å². The molecule has 3 aromatic rings. The lowest BCUT2D eigenvalue weighted by Crippen LogP contribution is -2.09. The molecule has 1 aliphatic heterocycles. The second kappa shape index (κ2) is 9.11. The van der Waals surface area contributed by atoms with Gasteiger partial charge < -0.3 is 23.1 Å². The zero-order valence-electron chi connectivity index (χ0n) is 18.9. The van der Waals surface area contributed by atoms with E-state index >= 15 is 0 Å². The molecule has 0 unspecified atom stereocenters. The highest BCUT2D eigenvalue weighted by Crippen LogP contribution is 2.42. The van der Waals surface area contributed by atoms with Crippen LogP contribution in [0.4, 0.5) is 0 Å². The van der Waals surface area contributed by atoms with Crippen molar-refractivity contribution in [2.45, 2.75) is 11.8 Å². The van der Waals surface area contributed by atoms with Crippen molar-refractivity contribution >= 4 is 22.0 Å². The molecule has 1 heterocycles. The van der Waals surface area contributed by atoms with E-state index in [9.17, 15) is 13.2 Å². The molecule has 0 radical (unpaired) electrons. The monoisotopic (exact) mass is 482 g/mol. The number of ether oxygens (including phenoxy) is 4. The highest BCUT2D eigenvalue weighted by atomic mass is 32.2. The van der Waals surface area contributed by atoms with Crippen LogP contribution in [0.1, 0.15) is 21.5 Å². The number of hydrogen-bond acceptors (Lipinski definition) is 8. The van der Waals surface area contributed by atoms with Crippen molar-refractivity contribution in [1.29, 1.82) is 0 Å². The van der Waals surface area contributed by atoms with E-state index in [1.54, 1.807) is 24.3 Å². The Hall–Kier alpha value is -3.98. The summed E-state index contributed by atoms with van der Waals surface area (Å²) in [6, 6.07) is 13.9. The fourth-order valence-electron chi connectivity index (χ4n) is 3.48. The van der Waals surface area contributed by atoms with Gasteiger partial charge in [-0.25, -0.2) is 0 Å². The summed E-state index contributed by atoms with van der Waals surface area (Å²) in [5.41, 5.74) is 1.74. The molecule has 3 aromatic carbocycles. The van der Waals surface area contributed by atoms with E-state index in [1.807, 2.05) is 6.92 Å². The first-order chi connectivity index (χ1) is 16.3. The molecule has 0 spiro atoms. The number of allylic oxidation sites excluding steroid dienone is 1. The van der Waals surface area contributed by atoms with Crippen LogP contribution >= 0.6 is 0 Å². The molecular formula is C25H22O8S. The number of aryl methyl sites for hydroxylation is 1. The predicted octanol–water partition coefficient (Wildman–Crippen LogP) is 4.40. The number of benzene rings is 3. The maximum Gasteiger partial charge on any atom is 0.339 e. The summed E-state index contributed by atoms with van der Waals surface area (Å²) in [5, 5.41) is 0. The smallest absolute Gasteiger partial charge is 0.339 e. The Kier molecular flexibility index (Phi) is 6.21. The van der Waals surface area contributed by atoms with E-state index in [1.165, 1.54) is 57.7 Å². The Morgan fingerprint density at radius 2 is 1.56 bits per heavy atom. The topological polar surface area (TPSA) is 97.4 Å². The first-order valence-corrected chi connectivity index (χ1v) is 11.6.